The second-order valence-electron chi connectivity index (χ2n) is 11.3. The zero-order valence-corrected chi connectivity index (χ0v) is 21.3. The van der Waals surface area contributed by atoms with Crippen molar-refractivity contribution >= 4 is 40.8 Å². The molecule has 2 heterocycles. The maximum Gasteiger partial charge on any atom is 0.254 e. The molecule has 182 valence electrons. The minimum absolute atomic E-state index is 0.0337. The van der Waals surface area contributed by atoms with E-state index in [-0.39, 0.29) is 22.6 Å². The summed E-state index contributed by atoms with van der Waals surface area (Å²) < 4.78 is 0. The minimum atomic E-state index is -0.122. The lowest BCUT2D eigenvalue weighted by molar-refractivity contribution is -0.121. The molecule has 3 unspecified atom stereocenters. The van der Waals surface area contributed by atoms with E-state index in [1.807, 2.05) is 0 Å². The Morgan fingerprint density at radius 1 is 1.20 bits per heavy atom. The number of anilines is 1. The number of allylic oxidation sites excluding steroid dienone is 2. The van der Waals surface area contributed by atoms with Gasteiger partial charge < -0.3 is 10.2 Å². The molecule has 35 heavy (non-hydrogen) atoms. The largest absolute Gasteiger partial charge is 0.332 e. The highest BCUT2D eigenvalue weighted by molar-refractivity contribution is 6.42. The molecule has 0 spiro atoms. The van der Waals surface area contributed by atoms with E-state index in [1.54, 1.807) is 28.7 Å². The third-order valence-electron chi connectivity index (χ3n) is 8.22. The van der Waals surface area contributed by atoms with E-state index in [0.717, 1.165) is 36.4 Å². The summed E-state index contributed by atoms with van der Waals surface area (Å²) in [6, 6.07) is 4.90. The third-order valence-corrected chi connectivity index (χ3v) is 8.95. The molecule has 1 aromatic heterocycles. The van der Waals surface area contributed by atoms with E-state index in [2.05, 4.69) is 28.3 Å². The Bertz CT molecular complexity index is 1280. The van der Waals surface area contributed by atoms with Crippen molar-refractivity contribution in [1.82, 2.24) is 14.9 Å². The third kappa shape index (κ3) is 4.25. The highest BCUT2D eigenvalue weighted by atomic mass is 35.5. The Morgan fingerprint density at radius 3 is 2.83 bits per heavy atom. The van der Waals surface area contributed by atoms with Gasteiger partial charge in [-0.2, -0.15) is 0 Å². The Morgan fingerprint density at radius 2 is 2.06 bits per heavy atom. The fourth-order valence-electron chi connectivity index (χ4n) is 7.42. The van der Waals surface area contributed by atoms with Gasteiger partial charge in [0.25, 0.3) is 5.91 Å². The monoisotopic (exact) mass is 510 g/mol. The van der Waals surface area contributed by atoms with Crippen molar-refractivity contribution in [3.63, 3.8) is 0 Å². The molecular formula is C27H28Cl2N4O2. The van der Waals surface area contributed by atoms with E-state index in [1.165, 1.54) is 19.2 Å². The van der Waals surface area contributed by atoms with Gasteiger partial charge >= 0.3 is 0 Å². The van der Waals surface area contributed by atoms with Crippen molar-refractivity contribution in [3.05, 3.63) is 63.0 Å². The zero-order valence-electron chi connectivity index (χ0n) is 19.7. The number of rotatable bonds is 4. The number of halogens is 2. The summed E-state index contributed by atoms with van der Waals surface area (Å²) in [5, 5.41) is 3.87. The van der Waals surface area contributed by atoms with Gasteiger partial charge in [-0.1, -0.05) is 41.8 Å². The zero-order chi connectivity index (χ0) is 24.4. The molecule has 4 aliphatic carbocycles. The molecule has 5 aliphatic rings. The molecule has 3 atom stereocenters. The number of hydrogen-bond acceptors (Lipinski definition) is 4. The summed E-state index contributed by atoms with van der Waals surface area (Å²) in [6.45, 7) is 3.23. The second-order valence-corrected chi connectivity index (χ2v) is 12.1. The van der Waals surface area contributed by atoms with Gasteiger partial charge in [0.1, 0.15) is 12.1 Å². The van der Waals surface area contributed by atoms with Crippen LogP contribution in [0.4, 0.5) is 5.82 Å². The number of nitrogens with one attached hydrogen (secondary N) is 1. The Labute approximate surface area is 215 Å². The number of carbonyl (C=O) groups is 2. The maximum atomic E-state index is 13.2. The van der Waals surface area contributed by atoms with Crippen LogP contribution in [-0.4, -0.2) is 33.2 Å². The summed E-state index contributed by atoms with van der Waals surface area (Å²) >= 11 is 12.1. The molecule has 6 nitrogen and oxygen atoms in total. The molecule has 4 bridgehead atoms. The number of aromatic nitrogens is 2. The first-order chi connectivity index (χ1) is 16.7. The summed E-state index contributed by atoms with van der Waals surface area (Å²) in [4.78, 5) is 36.8. The summed E-state index contributed by atoms with van der Waals surface area (Å²) in [7, 11) is 0. The van der Waals surface area contributed by atoms with Crippen LogP contribution >= 0.6 is 23.2 Å². The first kappa shape index (κ1) is 23.0. The van der Waals surface area contributed by atoms with E-state index in [9.17, 15) is 9.59 Å². The quantitative estimate of drug-likeness (QED) is 0.524. The van der Waals surface area contributed by atoms with Gasteiger partial charge in [-0.05, 0) is 73.5 Å². The Hall–Kier alpha value is -2.44. The number of benzene rings is 1. The van der Waals surface area contributed by atoms with Gasteiger partial charge in [0, 0.05) is 24.1 Å². The standard InChI is InChI=1S/C27H28Cl2N4O2/c1-26-8-16-6-17(9-26)11-27(10-16,14-26)12-23(34)32-24-19-4-5-33(13-22(19)30-15-31-24)25(35)18-2-3-20(28)21(29)7-18/h2-3,7-8,15,17H,4-6,9-14H2,1H3,(H,30,31,32,34). The summed E-state index contributed by atoms with van der Waals surface area (Å²) in [6.07, 6.45) is 10.9. The molecule has 0 radical (unpaired) electrons. The predicted octanol–water partition coefficient (Wildman–Crippen LogP) is 5.84. The number of amides is 2. The van der Waals surface area contributed by atoms with Crippen molar-refractivity contribution in [1.29, 1.82) is 0 Å². The first-order valence-corrected chi connectivity index (χ1v) is 13.0. The van der Waals surface area contributed by atoms with E-state index < -0.39 is 0 Å². The normalized spacial score (nSPS) is 28.5. The average molecular weight is 511 g/mol. The van der Waals surface area contributed by atoms with Crippen molar-refractivity contribution in [3.8, 4) is 0 Å². The number of fused-ring (bicyclic) bond motifs is 1. The van der Waals surface area contributed by atoms with Crippen LogP contribution in [0.3, 0.4) is 0 Å². The van der Waals surface area contributed by atoms with Gasteiger partial charge in [0.05, 0.1) is 22.3 Å². The molecule has 1 N–H and O–H groups in total. The molecule has 2 saturated carbocycles. The van der Waals surface area contributed by atoms with Crippen LogP contribution < -0.4 is 5.32 Å². The van der Waals surface area contributed by atoms with Gasteiger partial charge in [0.2, 0.25) is 5.91 Å². The first-order valence-electron chi connectivity index (χ1n) is 12.3. The second kappa shape index (κ2) is 8.31. The lowest BCUT2D eigenvalue weighted by atomic mass is 9.48. The Balaban J connectivity index is 1.16. The van der Waals surface area contributed by atoms with Gasteiger partial charge in [-0.25, -0.2) is 9.97 Å². The molecule has 1 aliphatic heterocycles. The maximum absolute atomic E-state index is 13.2. The topological polar surface area (TPSA) is 75.2 Å². The summed E-state index contributed by atoms with van der Waals surface area (Å²) in [5.41, 5.74) is 4.07. The minimum Gasteiger partial charge on any atom is -0.332 e. The van der Waals surface area contributed by atoms with E-state index in [4.69, 9.17) is 23.2 Å². The van der Waals surface area contributed by atoms with Gasteiger partial charge in [0.15, 0.2) is 0 Å². The number of carbonyl (C=O) groups excluding carboxylic acids is 2. The highest BCUT2D eigenvalue weighted by Gasteiger charge is 2.52. The predicted molar refractivity (Wildman–Crippen MR) is 135 cm³/mol. The van der Waals surface area contributed by atoms with Crippen LogP contribution in [0.15, 0.2) is 36.2 Å². The molecule has 2 fully saturated rings. The number of hydrogen-bond donors (Lipinski definition) is 1. The van der Waals surface area contributed by atoms with Crippen LogP contribution in [0, 0.1) is 16.7 Å². The van der Waals surface area contributed by atoms with Crippen molar-refractivity contribution in [2.24, 2.45) is 16.7 Å². The molecule has 0 saturated heterocycles. The van der Waals surface area contributed by atoms with Crippen LogP contribution in [0.2, 0.25) is 10.0 Å². The van der Waals surface area contributed by atoms with E-state index >= 15 is 0 Å². The van der Waals surface area contributed by atoms with Crippen LogP contribution in [0.5, 0.6) is 0 Å². The molecular weight excluding hydrogens is 483 g/mol. The SMILES string of the molecule is CC12C=C3CC(C1)CC(CC(=O)Nc1ncnc4c1CCN(C(=O)c1ccc(Cl)c(Cl)c1)C4)(C3)C2. The molecule has 2 aromatic rings. The smallest absolute Gasteiger partial charge is 0.254 e. The fourth-order valence-corrected chi connectivity index (χ4v) is 7.72. The Kier molecular flexibility index (Phi) is 5.46. The molecule has 7 rings (SSSR count). The van der Waals surface area contributed by atoms with Crippen LogP contribution in [-0.2, 0) is 17.8 Å². The molecule has 1 aromatic carbocycles. The van der Waals surface area contributed by atoms with Gasteiger partial charge in [-0.3, -0.25) is 9.59 Å². The van der Waals surface area contributed by atoms with Crippen LogP contribution in [0.1, 0.15) is 67.1 Å². The van der Waals surface area contributed by atoms with E-state index in [0.29, 0.717) is 47.4 Å². The summed E-state index contributed by atoms with van der Waals surface area (Å²) in [5.74, 6) is 1.22. The highest BCUT2D eigenvalue weighted by Crippen LogP contribution is 2.63. The van der Waals surface area contributed by atoms with Crippen molar-refractivity contribution in [2.45, 2.75) is 58.4 Å². The molecule has 8 heteroatoms. The van der Waals surface area contributed by atoms with Crippen molar-refractivity contribution in [2.75, 3.05) is 11.9 Å². The van der Waals surface area contributed by atoms with Crippen LogP contribution in [0.25, 0.3) is 0 Å². The average Bonchev–Trinajstić information content (AvgIpc) is 2.78. The lowest BCUT2D eigenvalue weighted by Gasteiger charge is -2.57. The van der Waals surface area contributed by atoms with Gasteiger partial charge in [-0.15, -0.1) is 0 Å². The fraction of sp³-hybridized carbons (Fsp3) is 0.481. The number of nitrogens with zero attached hydrogens (tertiary/aromatic N) is 3. The molecule has 2 amide bonds. The van der Waals surface area contributed by atoms with Crippen molar-refractivity contribution < 1.29 is 9.59 Å². The lowest BCUT2D eigenvalue weighted by Crippen LogP contribution is -2.47.